The van der Waals surface area contributed by atoms with E-state index in [1.165, 1.54) is 11.3 Å². The van der Waals surface area contributed by atoms with Gasteiger partial charge in [0.1, 0.15) is 5.75 Å². The van der Waals surface area contributed by atoms with E-state index in [-0.39, 0.29) is 5.91 Å². The molecule has 6 heteroatoms. The summed E-state index contributed by atoms with van der Waals surface area (Å²) >= 11 is 1.48. The number of thiazole rings is 1. The monoisotopic (exact) mass is 439 g/mol. The summed E-state index contributed by atoms with van der Waals surface area (Å²) < 4.78 is 6.60. The molecule has 1 amide bonds. The van der Waals surface area contributed by atoms with Gasteiger partial charge in [-0.15, -0.1) is 0 Å². The number of ether oxygens (including phenoxy) is 1. The number of hydrogen-bond donors (Lipinski definition) is 0. The molecule has 0 bridgehead atoms. The fourth-order valence-corrected chi connectivity index (χ4v) is 4.61. The highest BCUT2D eigenvalue weighted by Gasteiger charge is 2.22. The first-order valence-corrected chi connectivity index (χ1v) is 11.3. The Balaban J connectivity index is 1.56. The van der Waals surface area contributed by atoms with E-state index < -0.39 is 0 Å². The quantitative estimate of drug-likeness (QED) is 0.321. The van der Waals surface area contributed by atoms with E-state index >= 15 is 0 Å². The van der Waals surface area contributed by atoms with Gasteiger partial charge in [-0.2, -0.15) is 0 Å². The van der Waals surface area contributed by atoms with Crippen molar-refractivity contribution in [2.75, 3.05) is 11.5 Å². The van der Waals surface area contributed by atoms with Crippen LogP contribution in [0.4, 0.5) is 5.13 Å². The van der Waals surface area contributed by atoms with Crippen molar-refractivity contribution in [2.24, 2.45) is 0 Å². The van der Waals surface area contributed by atoms with Crippen LogP contribution in [0, 0.1) is 0 Å². The van der Waals surface area contributed by atoms with E-state index in [2.05, 4.69) is 4.98 Å². The van der Waals surface area contributed by atoms with E-state index in [1.54, 1.807) is 11.1 Å². The number of aromatic nitrogens is 2. The Morgan fingerprint density at radius 3 is 2.62 bits per heavy atom. The van der Waals surface area contributed by atoms with Gasteiger partial charge in [0, 0.05) is 11.8 Å². The Hall–Kier alpha value is -3.77. The second-order valence-corrected chi connectivity index (χ2v) is 8.34. The SMILES string of the molecule is CCOc1ccc2nc(N(Cc3ccccn3)C(=O)c3ccc4ccccc4c3)sc2c1. The molecule has 0 saturated heterocycles. The maximum absolute atomic E-state index is 13.7. The summed E-state index contributed by atoms with van der Waals surface area (Å²) in [6, 6.07) is 25.3. The van der Waals surface area contributed by atoms with Crippen LogP contribution in [0.5, 0.6) is 5.75 Å². The molecule has 0 spiro atoms. The predicted molar refractivity (Wildman–Crippen MR) is 129 cm³/mol. The van der Waals surface area contributed by atoms with Crippen molar-refractivity contribution in [3.63, 3.8) is 0 Å². The summed E-state index contributed by atoms with van der Waals surface area (Å²) in [5.41, 5.74) is 2.26. The van der Waals surface area contributed by atoms with Gasteiger partial charge in [-0.3, -0.25) is 14.7 Å². The normalized spacial score (nSPS) is 11.0. The van der Waals surface area contributed by atoms with Gasteiger partial charge in [-0.25, -0.2) is 4.98 Å². The highest BCUT2D eigenvalue weighted by atomic mass is 32.1. The topological polar surface area (TPSA) is 55.3 Å². The number of pyridine rings is 1. The largest absolute Gasteiger partial charge is 0.494 e. The average molecular weight is 440 g/mol. The minimum absolute atomic E-state index is 0.106. The van der Waals surface area contributed by atoms with Crippen LogP contribution in [0.2, 0.25) is 0 Å². The molecule has 0 aliphatic rings. The number of hydrogen-bond acceptors (Lipinski definition) is 5. The number of amides is 1. The number of benzene rings is 3. The molecule has 5 aromatic rings. The lowest BCUT2D eigenvalue weighted by atomic mass is 10.1. The molecule has 3 aromatic carbocycles. The Morgan fingerprint density at radius 1 is 0.969 bits per heavy atom. The molecule has 2 aromatic heterocycles. The van der Waals surface area contributed by atoms with Gasteiger partial charge in [0.2, 0.25) is 0 Å². The highest BCUT2D eigenvalue weighted by molar-refractivity contribution is 7.22. The van der Waals surface area contributed by atoms with Crippen LogP contribution in [0.3, 0.4) is 0 Å². The summed E-state index contributed by atoms with van der Waals surface area (Å²) in [5.74, 6) is 0.692. The first-order valence-electron chi connectivity index (χ1n) is 10.5. The maximum atomic E-state index is 13.7. The van der Waals surface area contributed by atoms with E-state index in [9.17, 15) is 4.79 Å². The standard InChI is InChI=1S/C26H21N3O2S/c1-2-31-22-12-13-23-24(16-22)32-26(28-23)29(17-21-9-5-6-14-27-21)25(30)20-11-10-18-7-3-4-8-19(18)15-20/h3-16H,2,17H2,1H3. The number of carbonyl (C=O) groups is 1. The Labute approximate surface area is 189 Å². The summed E-state index contributed by atoms with van der Waals surface area (Å²) in [4.78, 5) is 24.6. The van der Waals surface area contributed by atoms with Gasteiger partial charge < -0.3 is 4.74 Å². The van der Waals surface area contributed by atoms with Gasteiger partial charge in [0.05, 0.1) is 29.1 Å². The van der Waals surface area contributed by atoms with Crippen molar-refractivity contribution in [3.8, 4) is 5.75 Å². The Morgan fingerprint density at radius 2 is 1.81 bits per heavy atom. The molecule has 0 N–H and O–H groups in total. The molecule has 0 unspecified atom stereocenters. The molecule has 5 rings (SSSR count). The molecule has 0 aliphatic heterocycles. The van der Waals surface area contributed by atoms with Gasteiger partial charge in [0.25, 0.3) is 5.91 Å². The zero-order valence-corrected chi connectivity index (χ0v) is 18.4. The summed E-state index contributed by atoms with van der Waals surface area (Å²) in [6.45, 7) is 2.90. The van der Waals surface area contributed by atoms with Crippen molar-refractivity contribution in [3.05, 3.63) is 96.3 Å². The highest BCUT2D eigenvalue weighted by Crippen LogP contribution is 2.33. The third-order valence-corrected chi connectivity index (χ3v) is 6.22. The molecule has 5 nitrogen and oxygen atoms in total. The van der Waals surface area contributed by atoms with Gasteiger partial charge in [0.15, 0.2) is 5.13 Å². The molecule has 0 atom stereocenters. The lowest BCUT2D eigenvalue weighted by Crippen LogP contribution is -2.30. The molecular weight excluding hydrogens is 418 g/mol. The summed E-state index contributed by atoms with van der Waals surface area (Å²) in [5, 5.41) is 2.77. The lowest BCUT2D eigenvalue weighted by Gasteiger charge is -2.20. The van der Waals surface area contributed by atoms with Crippen molar-refractivity contribution < 1.29 is 9.53 Å². The second-order valence-electron chi connectivity index (χ2n) is 7.33. The maximum Gasteiger partial charge on any atom is 0.260 e. The Kier molecular flexibility index (Phi) is 5.52. The van der Waals surface area contributed by atoms with Crippen molar-refractivity contribution in [1.82, 2.24) is 9.97 Å². The minimum Gasteiger partial charge on any atom is -0.494 e. The van der Waals surface area contributed by atoms with E-state index in [0.717, 1.165) is 32.4 Å². The lowest BCUT2D eigenvalue weighted by molar-refractivity contribution is 0.0985. The van der Waals surface area contributed by atoms with Crippen molar-refractivity contribution in [2.45, 2.75) is 13.5 Å². The minimum atomic E-state index is -0.106. The van der Waals surface area contributed by atoms with Crippen LogP contribution in [0.15, 0.2) is 85.1 Å². The zero-order valence-electron chi connectivity index (χ0n) is 17.6. The predicted octanol–water partition coefficient (Wildman–Crippen LogP) is 6.09. The number of nitrogens with zero attached hydrogens (tertiary/aromatic N) is 3. The summed E-state index contributed by atoms with van der Waals surface area (Å²) in [6.07, 6.45) is 1.74. The molecule has 2 heterocycles. The molecule has 0 saturated carbocycles. The Bertz CT molecular complexity index is 1400. The average Bonchev–Trinajstić information content (AvgIpc) is 3.26. The van der Waals surface area contributed by atoms with Crippen LogP contribution in [-0.4, -0.2) is 22.5 Å². The number of fused-ring (bicyclic) bond motifs is 2. The van der Waals surface area contributed by atoms with Crippen LogP contribution in [0.25, 0.3) is 21.0 Å². The molecular formula is C26H21N3O2S. The first-order chi connectivity index (χ1) is 15.7. The summed E-state index contributed by atoms with van der Waals surface area (Å²) in [7, 11) is 0. The van der Waals surface area contributed by atoms with Crippen LogP contribution in [-0.2, 0) is 6.54 Å². The third-order valence-electron chi connectivity index (χ3n) is 5.18. The van der Waals surface area contributed by atoms with Crippen LogP contribution >= 0.6 is 11.3 Å². The second kappa shape index (κ2) is 8.77. The van der Waals surface area contributed by atoms with E-state index in [4.69, 9.17) is 9.72 Å². The fraction of sp³-hybridized carbons (Fsp3) is 0.115. The first kappa shape index (κ1) is 20.2. The third kappa shape index (κ3) is 4.05. The fourth-order valence-electron chi connectivity index (χ4n) is 3.62. The van der Waals surface area contributed by atoms with Crippen molar-refractivity contribution >= 4 is 43.4 Å². The molecule has 32 heavy (non-hydrogen) atoms. The molecule has 158 valence electrons. The van der Waals surface area contributed by atoms with Crippen LogP contribution < -0.4 is 9.64 Å². The van der Waals surface area contributed by atoms with Gasteiger partial charge in [-0.05, 0) is 60.2 Å². The zero-order chi connectivity index (χ0) is 21.9. The van der Waals surface area contributed by atoms with E-state index in [1.807, 2.05) is 85.8 Å². The van der Waals surface area contributed by atoms with Crippen LogP contribution in [0.1, 0.15) is 23.0 Å². The van der Waals surface area contributed by atoms with E-state index in [0.29, 0.717) is 23.8 Å². The molecule has 0 aliphatic carbocycles. The van der Waals surface area contributed by atoms with Crippen molar-refractivity contribution in [1.29, 1.82) is 0 Å². The van der Waals surface area contributed by atoms with Gasteiger partial charge >= 0.3 is 0 Å². The number of rotatable bonds is 6. The van der Waals surface area contributed by atoms with Gasteiger partial charge in [-0.1, -0.05) is 47.7 Å². The number of carbonyl (C=O) groups excluding carboxylic acids is 1. The smallest absolute Gasteiger partial charge is 0.260 e. The number of anilines is 1. The molecule has 0 fully saturated rings. The molecule has 0 radical (unpaired) electrons.